The molecule has 0 aliphatic rings. The van der Waals surface area contributed by atoms with E-state index >= 15 is 0 Å². The molecule has 2 aromatic rings. The number of aromatic amines is 1. The molecule has 1 atom stereocenters. The van der Waals surface area contributed by atoms with Crippen molar-refractivity contribution >= 4 is 0 Å². The van der Waals surface area contributed by atoms with Gasteiger partial charge in [0.25, 0.3) is 0 Å². The van der Waals surface area contributed by atoms with Crippen LogP contribution in [-0.4, -0.2) is 17.3 Å². The largest absolute Gasteiger partial charge is 0.496 e. The molecule has 0 bridgehead atoms. The average molecular weight is 259 g/mol. The molecule has 2 N–H and O–H groups in total. The van der Waals surface area contributed by atoms with Crippen LogP contribution in [0.2, 0.25) is 0 Å². The van der Waals surface area contributed by atoms with E-state index in [0.717, 1.165) is 24.4 Å². The number of nitrogens with zero attached hydrogens (tertiary/aromatic N) is 1. The molecule has 102 valence electrons. The van der Waals surface area contributed by atoms with Gasteiger partial charge >= 0.3 is 0 Å². The molecule has 0 saturated heterocycles. The fourth-order valence-electron chi connectivity index (χ4n) is 2.22. The van der Waals surface area contributed by atoms with Crippen LogP contribution in [0.15, 0.2) is 30.5 Å². The van der Waals surface area contributed by atoms with Gasteiger partial charge in [-0.15, -0.1) is 0 Å². The van der Waals surface area contributed by atoms with Crippen molar-refractivity contribution in [1.29, 1.82) is 0 Å². The minimum atomic E-state index is 0.283. The maximum atomic E-state index is 5.43. The van der Waals surface area contributed by atoms with Gasteiger partial charge in [0.05, 0.1) is 13.3 Å². The number of rotatable bonds is 6. The van der Waals surface area contributed by atoms with Crippen LogP contribution in [-0.2, 0) is 6.54 Å². The van der Waals surface area contributed by atoms with E-state index in [2.05, 4.69) is 28.5 Å². The molecule has 1 aromatic carbocycles. The summed E-state index contributed by atoms with van der Waals surface area (Å²) in [6.07, 6.45) is 2.88. The Morgan fingerprint density at radius 1 is 1.37 bits per heavy atom. The van der Waals surface area contributed by atoms with Gasteiger partial charge in [-0.1, -0.05) is 25.1 Å². The lowest BCUT2D eigenvalue weighted by molar-refractivity contribution is 0.396. The lowest BCUT2D eigenvalue weighted by Crippen LogP contribution is -2.21. The number of aromatic nitrogens is 2. The van der Waals surface area contributed by atoms with Gasteiger partial charge in [0, 0.05) is 29.4 Å². The van der Waals surface area contributed by atoms with E-state index in [0.29, 0.717) is 0 Å². The van der Waals surface area contributed by atoms with E-state index in [4.69, 9.17) is 4.74 Å². The first-order chi connectivity index (χ1) is 9.26. The quantitative estimate of drug-likeness (QED) is 0.838. The summed E-state index contributed by atoms with van der Waals surface area (Å²) in [7, 11) is 1.71. The number of ether oxygens (including phenoxy) is 1. The number of para-hydroxylation sites is 1. The minimum Gasteiger partial charge on any atom is -0.496 e. The molecule has 2 rings (SSSR count). The number of nitrogens with one attached hydrogen (secondary N) is 2. The lowest BCUT2D eigenvalue weighted by Gasteiger charge is -2.19. The Morgan fingerprint density at radius 3 is 2.79 bits per heavy atom. The Morgan fingerprint density at radius 2 is 2.16 bits per heavy atom. The van der Waals surface area contributed by atoms with Crippen molar-refractivity contribution in [2.45, 2.75) is 32.9 Å². The summed E-state index contributed by atoms with van der Waals surface area (Å²) in [5.41, 5.74) is 3.52. The molecule has 0 radical (unpaired) electrons. The highest BCUT2D eigenvalue weighted by Crippen LogP contribution is 2.27. The molecule has 0 fully saturated rings. The van der Waals surface area contributed by atoms with Gasteiger partial charge in [-0.25, -0.2) is 0 Å². The zero-order valence-corrected chi connectivity index (χ0v) is 11.7. The summed E-state index contributed by atoms with van der Waals surface area (Å²) in [5.74, 6) is 0.936. The molecule has 0 saturated carbocycles. The molecule has 4 nitrogen and oxygen atoms in total. The predicted octanol–water partition coefficient (Wildman–Crippen LogP) is 2.97. The fraction of sp³-hybridized carbons (Fsp3) is 0.400. The average Bonchev–Trinajstić information content (AvgIpc) is 2.85. The molecule has 1 unspecified atom stereocenters. The van der Waals surface area contributed by atoms with E-state index in [-0.39, 0.29) is 6.04 Å². The van der Waals surface area contributed by atoms with Gasteiger partial charge in [-0.05, 0) is 19.4 Å². The van der Waals surface area contributed by atoms with Crippen molar-refractivity contribution < 1.29 is 4.74 Å². The first kappa shape index (κ1) is 13.6. The maximum absolute atomic E-state index is 5.43. The van der Waals surface area contributed by atoms with E-state index in [1.807, 2.05) is 31.3 Å². The molecular formula is C15H21N3O. The second kappa shape index (κ2) is 6.38. The van der Waals surface area contributed by atoms with Gasteiger partial charge in [0.1, 0.15) is 5.75 Å². The zero-order valence-electron chi connectivity index (χ0n) is 11.7. The molecule has 0 amide bonds. The second-order valence-corrected chi connectivity index (χ2v) is 4.60. The van der Waals surface area contributed by atoms with Crippen molar-refractivity contribution in [2.24, 2.45) is 0 Å². The standard InChI is InChI=1S/C15H21N3O/c1-4-14(13-7-5-6-8-15(13)19-3)16-9-12-10-17-18-11(12)2/h5-8,10,14,16H,4,9H2,1-3H3,(H,17,18). The van der Waals surface area contributed by atoms with Crippen LogP contribution in [0.5, 0.6) is 5.75 Å². The molecule has 19 heavy (non-hydrogen) atoms. The number of aryl methyl sites for hydroxylation is 1. The highest BCUT2D eigenvalue weighted by atomic mass is 16.5. The van der Waals surface area contributed by atoms with Crippen molar-refractivity contribution in [3.05, 3.63) is 47.3 Å². The van der Waals surface area contributed by atoms with Crippen molar-refractivity contribution in [1.82, 2.24) is 15.5 Å². The Labute approximate surface area is 114 Å². The summed E-state index contributed by atoms with van der Waals surface area (Å²) < 4.78 is 5.43. The first-order valence-corrected chi connectivity index (χ1v) is 6.61. The number of hydrogen-bond donors (Lipinski definition) is 2. The molecule has 4 heteroatoms. The van der Waals surface area contributed by atoms with Gasteiger partial charge in [0.2, 0.25) is 0 Å². The topological polar surface area (TPSA) is 49.9 Å². The molecule has 0 aliphatic heterocycles. The number of benzene rings is 1. The summed E-state index contributed by atoms with van der Waals surface area (Å²) in [6, 6.07) is 8.44. The second-order valence-electron chi connectivity index (χ2n) is 4.60. The third kappa shape index (κ3) is 3.15. The lowest BCUT2D eigenvalue weighted by atomic mass is 10.0. The Hall–Kier alpha value is -1.81. The molecular weight excluding hydrogens is 238 g/mol. The first-order valence-electron chi connectivity index (χ1n) is 6.61. The van der Waals surface area contributed by atoms with Crippen molar-refractivity contribution in [3.8, 4) is 5.75 Å². The molecule has 1 aromatic heterocycles. The zero-order chi connectivity index (χ0) is 13.7. The monoisotopic (exact) mass is 259 g/mol. The van der Waals surface area contributed by atoms with Crippen LogP contribution >= 0.6 is 0 Å². The van der Waals surface area contributed by atoms with Crippen molar-refractivity contribution in [3.63, 3.8) is 0 Å². The number of H-pyrrole nitrogens is 1. The third-order valence-electron chi connectivity index (χ3n) is 3.40. The Kier molecular flexibility index (Phi) is 4.58. The summed E-state index contributed by atoms with van der Waals surface area (Å²) >= 11 is 0. The SMILES string of the molecule is CCC(NCc1cn[nH]c1C)c1ccccc1OC. The Bertz CT molecular complexity index is 522. The summed E-state index contributed by atoms with van der Waals surface area (Å²) in [4.78, 5) is 0. The van der Waals surface area contributed by atoms with Crippen LogP contribution in [0.3, 0.4) is 0 Å². The van der Waals surface area contributed by atoms with Crippen LogP contribution in [0.4, 0.5) is 0 Å². The van der Waals surface area contributed by atoms with E-state index in [1.165, 1.54) is 11.1 Å². The molecule has 1 heterocycles. The third-order valence-corrected chi connectivity index (χ3v) is 3.40. The normalized spacial score (nSPS) is 12.4. The predicted molar refractivity (Wildman–Crippen MR) is 76.2 cm³/mol. The smallest absolute Gasteiger partial charge is 0.123 e. The van der Waals surface area contributed by atoms with Gasteiger partial charge in [-0.2, -0.15) is 5.10 Å². The van der Waals surface area contributed by atoms with E-state index in [9.17, 15) is 0 Å². The fourth-order valence-corrected chi connectivity index (χ4v) is 2.22. The highest BCUT2D eigenvalue weighted by molar-refractivity contribution is 5.35. The number of methoxy groups -OCH3 is 1. The van der Waals surface area contributed by atoms with Gasteiger partial charge < -0.3 is 10.1 Å². The minimum absolute atomic E-state index is 0.283. The highest BCUT2D eigenvalue weighted by Gasteiger charge is 2.13. The van der Waals surface area contributed by atoms with Crippen molar-refractivity contribution in [2.75, 3.05) is 7.11 Å². The van der Waals surface area contributed by atoms with Crippen LogP contribution in [0, 0.1) is 6.92 Å². The van der Waals surface area contributed by atoms with E-state index in [1.54, 1.807) is 7.11 Å². The van der Waals surface area contributed by atoms with Crippen LogP contribution in [0.1, 0.15) is 36.2 Å². The summed E-state index contributed by atoms with van der Waals surface area (Å²) in [6.45, 7) is 5.01. The summed E-state index contributed by atoms with van der Waals surface area (Å²) in [5, 5.41) is 10.6. The Balaban J connectivity index is 2.10. The number of hydrogen-bond acceptors (Lipinski definition) is 3. The maximum Gasteiger partial charge on any atom is 0.123 e. The molecule has 0 spiro atoms. The van der Waals surface area contributed by atoms with Crippen LogP contribution < -0.4 is 10.1 Å². The van der Waals surface area contributed by atoms with Crippen LogP contribution in [0.25, 0.3) is 0 Å². The van der Waals surface area contributed by atoms with Gasteiger partial charge in [-0.3, -0.25) is 5.10 Å². The van der Waals surface area contributed by atoms with Gasteiger partial charge in [0.15, 0.2) is 0 Å². The molecule has 0 aliphatic carbocycles. The van der Waals surface area contributed by atoms with E-state index < -0.39 is 0 Å².